The van der Waals surface area contributed by atoms with Crippen molar-refractivity contribution in [1.29, 1.82) is 0 Å². The van der Waals surface area contributed by atoms with Crippen molar-refractivity contribution in [3.63, 3.8) is 0 Å². The molecule has 0 aromatic heterocycles. The Morgan fingerprint density at radius 3 is 2.57 bits per heavy atom. The summed E-state index contributed by atoms with van der Waals surface area (Å²) in [5.74, 6) is -1.98. The van der Waals surface area contributed by atoms with E-state index in [9.17, 15) is 14.4 Å². The van der Waals surface area contributed by atoms with E-state index in [2.05, 4.69) is 5.32 Å². The molecule has 0 spiro atoms. The molecule has 1 heterocycles. The molecule has 116 valence electrons. The van der Waals surface area contributed by atoms with Crippen molar-refractivity contribution in [1.82, 2.24) is 10.2 Å². The lowest BCUT2D eigenvalue weighted by Gasteiger charge is -2.20. The summed E-state index contributed by atoms with van der Waals surface area (Å²) in [7, 11) is 1.34. The molecule has 1 saturated heterocycles. The molecule has 2 aliphatic rings. The van der Waals surface area contributed by atoms with Crippen LogP contribution in [-0.4, -0.2) is 54.2 Å². The number of ether oxygens (including phenoxy) is 1. The summed E-state index contributed by atoms with van der Waals surface area (Å²) < 4.78 is 4.73. The van der Waals surface area contributed by atoms with Crippen LogP contribution in [0.3, 0.4) is 0 Å². The van der Waals surface area contributed by atoms with Crippen molar-refractivity contribution in [2.75, 3.05) is 20.2 Å². The largest absolute Gasteiger partial charge is 0.481 e. The highest BCUT2D eigenvalue weighted by atomic mass is 16.5. The highest BCUT2D eigenvalue weighted by molar-refractivity contribution is 5.79. The molecule has 2 N–H and O–H groups in total. The number of amides is 2. The number of carboxylic acids is 1. The first-order valence-corrected chi connectivity index (χ1v) is 6.96. The predicted molar refractivity (Wildman–Crippen MR) is 73.4 cm³/mol. The van der Waals surface area contributed by atoms with E-state index in [0.717, 1.165) is 0 Å². The Bertz CT molecular complexity index is 476. The number of rotatable bonds is 3. The van der Waals surface area contributed by atoms with Gasteiger partial charge < -0.3 is 20.1 Å². The van der Waals surface area contributed by atoms with E-state index in [-0.39, 0.29) is 29.9 Å². The van der Waals surface area contributed by atoms with Gasteiger partial charge in [-0.15, -0.1) is 0 Å². The third kappa shape index (κ3) is 3.34. The van der Waals surface area contributed by atoms with E-state index in [0.29, 0.717) is 19.5 Å². The molecular weight excluding hydrogens is 276 g/mol. The fourth-order valence-corrected chi connectivity index (χ4v) is 2.83. The first-order valence-electron chi connectivity index (χ1n) is 6.96. The third-order valence-corrected chi connectivity index (χ3v) is 4.11. The molecule has 0 saturated carbocycles. The van der Waals surface area contributed by atoms with Crippen LogP contribution in [0.25, 0.3) is 0 Å². The van der Waals surface area contributed by atoms with Crippen molar-refractivity contribution in [2.24, 2.45) is 17.8 Å². The second-order valence-electron chi connectivity index (χ2n) is 5.63. The number of hydrogen-bond donors (Lipinski definition) is 2. The molecule has 0 bridgehead atoms. The van der Waals surface area contributed by atoms with Crippen molar-refractivity contribution in [3.05, 3.63) is 12.2 Å². The second-order valence-corrected chi connectivity index (χ2v) is 5.63. The van der Waals surface area contributed by atoms with Gasteiger partial charge in [0, 0.05) is 13.1 Å². The summed E-state index contributed by atoms with van der Waals surface area (Å²) >= 11 is 0. The van der Waals surface area contributed by atoms with Crippen LogP contribution in [0.2, 0.25) is 0 Å². The van der Waals surface area contributed by atoms with Gasteiger partial charge in [0.05, 0.1) is 25.0 Å². The summed E-state index contributed by atoms with van der Waals surface area (Å²) in [5, 5.41) is 11.7. The van der Waals surface area contributed by atoms with Gasteiger partial charge in [-0.1, -0.05) is 19.1 Å². The van der Waals surface area contributed by atoms with Gasteiger partial charge in [-0.25, -0.2) is 4.79 Å². The number of nitrogens with zero attached hydrogens (tertiary/aromatic N) is 1. The van der Waals surface area contributed by atoms with Crippen molar-refractivity contribution >= 4 is 18.0 Å². The minimum atomic E-state index is -0.886. The zero-order valence-corrected chi connectivity index (χ0v) is 12.1. The van der Waals surface area contributed by atoms with E-state index in [1.807, 2.05) is 6.92 Å². The molecule has 4 atom stereocenters. The number of esters is 1. The number of carbonyl (C=O) groups is 3. The molecule has 2 rings (SSSR count). The molecule has 1 fully saturated rings. The Hall–Kier alpha value is -2.05. The lowest BCUT2D eigenvalue weighted by molar-refractivity contribution is -0.146. The first-order chi connectivity index (χ1) is 9.92. The minimum Gasteiger partial charge on any atom is -0.481 e. The molecule has 1 aliphatic carbocycles. The SMILES string of the molecule is COC(=O)C1CN(C(=O)NC2C=CC(C(=O)O)C2)CC1C. The van der Waals surface area contributed by atoms with Crippen LogP contribution < -0.4 is 5.32 Å². The fraction of sp³-hybridized carbons (Fsp3) is 0.643. The highest BCUT2D eigenvalue weighted by Gasteiger charge is 2.38. The topological polar surface area (TPSA) is 95.9 Å². The molecule has 0 radical (unpaired) electrons. The van der Waals surface area contributed by atoms with E-state index in [1.165, 1.54) is 7.11 Å². The molecule has 0 aromatic rings. The molecule has 1 aliphatic heterocycles. The second kappa shape index (κ2) is 6.15. The maximum Gasteiger partial charge on any atom is 0.317 e. The average molecular weight is 296 g/mol. The Morgan fingerprint density at radius 2 is 2.00 bits per heavy atom. The zero-order chi connectivity index (χ0) is 15.6. The van der Waals surface area contributed by atoms with Gasteiger partial charge in [0.25, 0.3) is 0 Å². The van der Waals surface area contributed by atoms with E-state index >= 15 is 0 Å². The van der Waals surface area contributed by atoms with Gasteiger partial charge in [-0.2, -0.15) is 0 Å². The molecule has 4 unspecified atom stereocenters. The number of methoxy groups -OCH3 is 1. The molecule has 0 aromatic carbocycles. The fourth-order valence-electron chi connectivity index (χ4n) is 2.83. The number of carbonyl (C=O) groups excluding carboxylic acids is 2. The van der Waals surface area contributed by atoms with E-state index < -0.39 is 11.9 Å². The maximum atomic E-state index is 12.2. The highest BCUT2D eigenvalue weighted by Crippen LogP contribution is 2.25. The van der Waals surface area contributed by atoms with Crippen LogP contribution in [0, 0.1) is 17.8 Å². The van der Waals surface area contributed by atoms with Crippen LogP contribution in [0.15, 0.2) is 12.2 Å². The van der Waals surface area contributed by atoms with Gasteiger partial charge >= 0.3 is 18.0 Å². The normalized spacial score (nSPS) is 31.2. The Labute approximate surface area is 122 Å². The quantitative estimate of drug-likeness (QED) is 0.583. The van der Waals surface area contributed by atoms with Crippen LogP contribution in [0.4, 0.5) is 4.79 Å². The van der Waals surface area contributed by atoms with Crippen LogP contribution in [-0.2, 0) is 14.3 Å². The smallest absolute Gasteiger partial charge is 0.317 e. The van der Waals surface area contributed by atoms with Crippen molar-refractivity contribution in [3.8, 4) is 0 Å². The Morgan fingerprint density at radius 1 is 1.29 bits per heavy atom. The monoisotopic (exact) mass is 296 g/mol. The maximum absolute atomic E-state index is 12.2. The van der Waals surface area contributed by atoms with Crippen LogP contribution >= 0.6 is 0 Å². The Kier molecular flexibility index (Phi) is 4.50. The standard InChI is InChI=1S/C14H20N2O5/c1-8-6-16(7-11(8)13(19)21-2)14(20)15-10-4-3-9(5-10)12(17)18/h3-4,8-11H,5-7H2,1-2H3,(H,15,20)(H,17,18). The first kappa shape index (κ1) is 15.3. The summed E-state index contributed by atoms with van der Waals surface area (Å²) in [5.41, 5.74) is 0. The minimum absolute atomic E-state index is 0.0501. The lowest BCUT2D eigenvalue weighted by Crippen LogP contribution is -2.43. The van der Waals surface area contributed by atoms with Gasteiger partial charge in [0.15, 0.2) is 0 Å². The average Bonchev–Trinajstić information content (AvgIpc) is 3.04. The number of nitrogens with one attached hydrogen (secondary N) is 1. The molecule has 21 heavy (non-hydrogen) atoms. The number of likely N-dealkylation sites (tertiary alicyclic amines) is 1. The molecular formula is C14H20N2O5. The zero-order valence-electron chi connectivity index (χ0n) is 12.1. The van der Waals surface area contributed by atoms with Crippen molar-refractivity contribution in [2.45, 2.75) is 19.4 Å². The summed E-state index contributed by atoms with van der Waals surface area (Å²) in [6, 6.07) is -0.542. The number of urea groups is 1. The Balaban J connectivity index is 1.87. The van der Waals surface area contributed by atoms with Gasteiger partial charge in [-0.05, 0) is 12.3 Å². The predicted octanol–water partition coefficient (Wildman–Crippen LogP) is 0.466. The van der Waals surface area contributed by atoms with Crippen molar-refractivity contribution < 1.29 is 24.2 Å². The van der Waals surface area contributed by atoms with E-state index in [4.69, 9.17) is 9.84 Å². The van der Waals surface area contributed by atoms with Gasteiger partial charge in [0.2, 0.25) is 0 Å². The van der Waals surface area contributed by atoms with Crippen LogP contribution in [0.5, 0.6) is 0 Å². The molecule has 2 amide bonds. The van der Waals surface area contributed by atoms with Crippen LogP contribution in [0.1, 0.15) is 13.3 Å². The lowest BCUT2D eigenvalue weighted by atomic mass is 9.99. The number of aliphatic carboxylic acids is 1. The number of hydrogen-bond acceptors (Lipinski definition) is 4. The number of carboxylic acid groups (broad SMARTS) is 1. The van der Waals surface area contributed by atoms with Gasteiger partial charge in [0.1, 0.15) is 0 Å². The van der Waals surface area contributed by atoms with E-state index in [1.54, 1.807) is 17.1 Å². The molecule has 7 heteroatoms. The summed E-state index contributed by atoms with van der Waals surface area (Å²) in [6.07, 6.45) is 3.66. The van der Waals surface area contributed by atoms with Gasteiger partial charge in [-0.3, -0.25) is 9.59 Å². The summed E-state index contributed by atoms with van der Waals surface area (Å²) in [4.78, 5) is 36.2. The molecule has 7 nitrogen and oxygen atoms in total. The third-order valence-electron chi connectivity index (χ3n) is 4.11. The summed E-state index contributed by atoms with van der Waals surface area (Å²) in [6.45, 7) is 2.73.